The van der Waals surface area contributed by atoms with Gasteiger partial charge >= 0.3 is 0 Å². The van der Waals surface area contributed by atoms with Crippen LogP contribution in [0, 0.1) is 17.9 Å². The van der Waals surface area contributed by atoms with E-state index in [0.29, 0.717) is 16.9 Å². The van der Waals surface area contributed by atoms with Crippen molar-refractivity contribution in [2.45, 2.75) is 37.5 Å². The maximum absolute atomic E-state index is 13.8. The third-order valence-electron chi connectivity index (χ3n) is 6.59. The van der Waals surface area contributed by atoms with Gasteiger partial charge in [0.05, 0.1) is 24.1 Å². The summed E-state index contributed by atoms with van der Waals surface area (Å²) in [5.74, 6) is -1.61. The van der Waals surface area contributed by atoms with Crippen LogP contribution in [-0.4, -0.2) is 40.6 Å². The topological polar surface area (TPSA) is 141 Å². The summed E-state index contributed by atoms with van der Waals surface area (Å²) in [7, 11) is 0. The average Bonchev–Trinajstić information content (AvgIpc) is 3.49. The van der Waals surface area contributed by atoms with E-state index in [1.807, 2.05) is 24.3 Å². The van der Waals surface area contributed by atoms with E-state index in [-0.39, 0.29) is 30.3 Å². The van der Waals surface area contributed by atoms with E-state index in [0.717, 1.165) is 5.56 Å². The van der Waals surface area contributed by atoms with Gasteiger partial charge < -0.3 is 25.7 Å². The number of benzene rings is 2. The van der Waals surface area contributed by atoms with Crippen LogP contribution in [0.2, 0.25) is 0 Å². The van der Waals surface area contributed by atoms with Crippen LogP contribution in [0.5, 0.6) is 0 Å². The standard InChI is InChI=1S/C24H25FN6O4/c1-14-9-20(35-29-14)22(32)27-19(11-15-5-4-6-16(25)10-15)23(33)30-13-24(12-21(30)26)17-7-2-3-8-18(17)28-31(24)34/h2-10,19,21,28,31H,11-13,26H2,1H3,(H,27,32)/t19-,21-,24-/m0/s1. The molecule has 1 spiro atoms. The van der Waals surface area contributed by atoms with Gasteiger partial charge in [-0.05, 0) is 30.7 Å². The predicted octanol–water partition coefficient (Wildman–Crippen LogP) is 0.599. The van der Waals surface area contributed by atoms with Gasteiger partial charge in [0.2, 0.25) is 11.7 Å². The van der Waals surface area contributed by atoms with Crippen molar-refractivity contribution in [2.24, 2.45) is 5.73 Å². The number of quaternary nitrogens is 1. The molecule has 1 saturated heterocycles. The number of likely N-dealkylation sites (tertiary alicyclic amines) is 1. The Morgan fingerprint density at radius 3 is 2.89 bits per heavy atom. The molecule has 0 aliphatic carbocycles. The fraction of sp³-hybridized carbons (Fsp3) is 0.292. The normalized spacial score (nSPS) is 23.7. The van der Waals surface area contributed by atoms with Crippen LogP contribution >= 0.6 is 0 Å². The van der Waals surface area contributed by atoms with E-state index in [1.165, 1.54) is 29.2 Å². The number of halogens is 1. The first-order valence-corrected chi connectivity index (χ1v) is 11.2. The predicted molar refractivity (Wildman–Crippen MR) is 123 cm³/mol. The van der Waals surface area contributed by atoms with E-state index in [4.69, 9.17) is 10.3 Å². The van der Waals surface area contributed by atoms with Gasteiger partial charge in [-0.2, -0.15) is 0 Å². The Bertz CT molecular complexity index is 1280. The molecule has 3 heterocycles. The van der Waals surface area contributed by atoms with Crippen molar-refractivity contribution < 1.29 is 23.7 Å². The van der Waals surface area contributed by atoms with Crippen molar-refractivity contribution in [2.75, 3.05) is 12.0 Å². The highest BCUT2D eigenvalue weighted by Crippen LogP contribution is 2.38. The number of rotatable bonds is 5. The van der Waals surface area contributed by atoms with Crippen LogP contribution in [0.1, 0.15) is 33.8 Å². The van der Waals surface area contributed by atoms with Crippen molar-refractivity contribution in [1.29, 1.82) is 0 Å². The number of nitrogens with two attached hydrogens (primary N) is 1. The molecule has 2 aliphatic rings. The van der Waals surface area contributed by atoms with Gasteiger partial charge in [0.1, 0.15) is 11.9 Å². The number of hydrogen-bond acceptors (Lipinski definition) is 7. The number of para-hydroxylation sites is 1. The Morgan fingerprint density at radius 2 is 2.14 bits per heavy atom. The smallest absolute Gasteiger partial charge is 0.290 e. The van der Waals surface area contributed by atoms with E-state index in [2.05, 4.69) is 15.9 Å². The second kappa shape index (κ2) is 8.77. The van der Waals surface area contributed by atoms with Crippen LogP contribution < -0.4 is 21.6 Å². The Kier molecular flexibility index (Phi) is 5.75. The minimum Gasteiger partial charge on any atom is -0.607 e. The number of aromatic nitrogens is 1. The lowest BCUT2D eigenvalue weighted by Gasteiger charge is -2.33. The summed E-state index contributed by atoms with van der Waals surface area (Å²) < 4.78 is 18.9. The van der Waals surface area contributed by atoms with Gasteiger partial charge in [-0.3, -0.25) is 14.8 Å². The number of anilines is 1. The lowest BCUT2D eigenvalue weighted by Crippen LogP contribution is -3.16. The highest BCUT2D eigenvalue weighted by molar-refractivity contribution is 5.95. The quantitative estimate of drug-likeness (QED) is 0.392. The number of fused-ring (bicyclic) bond motifs is 2. The molecular formula is C24H25FN6O4. The molecule has 4 atom stereocenters. The molecule has 1 unspecified atom stereocenters. The summed E-state index contributed by atoms with van der Waals surface area (Å²) in [6.45, 7) is 1.73. The van der Waals surface area contributed by atoms with Gasteiger partial charge in [0.25, 0.3) is 5.91 Å². The lowest BCUT2D eigenvalue weighted by atomic mass is 9.89. The molecule has 0 bridgehead atoms. The Hall–Kier alpha value is -3.80. The fourth-order valence-corrected chi connectivity index (χ4v) is 4.91. The molecule has 11 heteroatoms. The molecule has 1 fully saturated rings. The summed E-state index contributed by atoms with van der Waals surface area (Å²) >= 11 is 0. The maximum Gasteiger partial charge on any atom is 0.290 e. The molecule has 10 nitrogen and oxygen atoms in total. The Labute approximate surface area is 200 Å². The van der Waals surface area contributed by atoms with Gasteiger partial charge in [-0.25, -0.2) is 9.82 Å². The minimum atomic E-state index is -1.07. The molecule has 1 aromatic heterocycles. The first-order chi connectivity index (χ1) is 16.8. The van der Waals surface area contributed by atoms with Crippen molar-refractivity contribution >= 4 is 17.5 Å². The molecule has 0 saturated carbocycles. The molecule has 2 amide bonds. The summed E-state index contributed by atoms with van der Waals surface area (Å²) in [6, 6.07) is 13.5. The number of carbonyl (C=O) groups is 2. The monoisotopic (exact) mass is 480 g/mol. The second-order valence-corrected chi connectivity index (χ2v) is 9.01. The molecule has 2 aromatic carbocycles. The van der Waals surface area contributed by atoms with Crippen molar-refractivity contribution in [3.63, 3.8) is 0 Å². The van der Waals surface area contributed by atoms with E-state index in [9.17, 15) is 19.2 Å². The summed E-state index contributed by atoms with van der Waals surface area (Å²) in [5, 5.41) is 19.2. The van der Waals surface area contributed by atoms with Crippen LogP contribution in [0.4, 0.5) is 10.1 Å². The van der Waals surface area contributed by atoms with E-state index >= 15 is 0 Å². The number of carbonyl (C=O) groups excluding carboxylic acids is 2. The number of hydrogen-bond donors (Lipinski definition) is 4. The molecular weight excluding hydrogens is 455 g/mol. The van der Waals surface area contributed by atoms with Gasteiger partial charge in [-0.1, -0.05) is 35.5 Å². The first kappa shape index (κ1) is 23.0. The van der Waals surface area contributed by atoms with Gasteiger partial charge in [0.15, 0.2) is 5.54 Å². The maximum atomic E-state index is 13.8. The Morgan fingerprint density at radius 1 is 1.34 bits per heavy atom. The van der Waals surface area contributed by atoms with Crippen LogP contribution in [-0.2, 0) is 16.8 Å². The summed E-state index contributed by atoms with van der Waals surface area (Å²) in [5.41, 5.74) is 10.8. The molecule has 3 aromatic rings. The SMILES string of the molecule is Cc1cc(C(=O)N[C@@H](Cc2cccc(F)c2)C(=O)N2C[C@@]3(C[C@H]2N)c2ccccc2N[NH+]3[O-])on1. The number of nitrogens with zero attached hydrogens (tertiary/aromatic N) is 2. The zero-order chi connectivity index (χ0) is 24.7. The van der Waals surface area contributed by atoms with Crippen LogP contribution in [0.15, 0.2) is 59.1 Å². The van der Waals surface area contributed by atoms with E-state index in [1.54, 1.807) is 13.0 Å². The first-order valence-electron chi connectivity index (χ1n) is 11.2. The van der Waals surface area contributed by atoms with Crippen molar-refractivity contribution in [1.82, 2.24) is 15.4 Å². The largest absolute Gasteiger partial charge is 0.607 e. The van der Waals surface area contributed by atoms with Gasteiger partial charge in [0, 0.05) is 24.5 Å². The molecule has 5 rings (SSSR count). The van der Waals surface area contributed by atoms with Crippen molar-refractivity contribution in [3.8, 4) is 0 Å². The fourth-order valence-electron chi connectivity index (χ4n) is 4.91. The number of amides is 2. The van der Waals surface area contributed by atoms with E-state index < -0.39 is 35.4 Å². The Balaban J connectivity index is 1.43. The van der Waals surface area contributed by atoms with Gasteiger partial charge in [-0.15, -0.1) is 0 Å². The zero-order valence-electron chi connectivity index (χ0n) is 19.0. The highest BCUT2D eigenvalue weighted by Gasteiger charge is 2.56. The minimum absolute atomic E-state index is 0.0223. The molecule has 35 heavy (non-hydrogen) atoms. The molecule has 2 aliphatic heterocycles. The van der Waals surface area contributed by atoms with Crippen molar-refractivity contribution in [3.05, 3.63) is 88.2 Å². The summed E-state index contributed by atoms with van der Waals surface area (Å²) in [6.07, 6.45) is -0.489. The number of nitrogens with one attached hydrogen (secondary N) is 3. The molecule has 182 valence electrons. The average molecular weight is 481 g/mol. The summed E-state index contributed by atoms with van der Waals surface area (Å²) in [4.78, 5) is 28.0. The zero-order valence-corrected chi connectivity index (χ0v) is 19.0. The second-order valence-electron chi connectivity index (χ2n) is 9.01. The third-order valence-corrected chi connectivity index (χ3v) is 6.59. The van der Waals surface area contributed by atoms with Crippen LogP contribution in [0.25, 0.3) is 0 Å². The third kappa shape index (κ3) is 4.14. The molecule has 0 radical (unpaired) electrons. The lowest BCUT2D eigenvalue weighted by molar-refractivity contribution is -0.883. The van der Waals surface area contributed by atoms with Crippen LogP contribution in [0.3, 0.4) is 0 Å². The number of aryl methyl sites for hydroxylation is 1. The highest BCUT2D eigenvalue weighted by atomic mass is 19.1. The molecule has 5 N–H and O–H groups in total. The number of hydroxylamine groups is 1.